The molecule has 0 bridgehead atoms. The van der Waals surface area contributed by atoms with E-state index >= 15 is 0 Å². The maximum atomic E-state index is 13.0. The molecular weight excluding hydrogens is 407 g/mol. The molecule has 0 saturated carbocycles. The van der Waals surface area contributed by atoms with E-state index in [4.69, 9.17) is 4.42 Å². The summed E-state index contributed by atoms with van der Waals surface area (Å²) in [5, 5.41) is 3.72. The van der Waals surface area contributed by atoms with E-state index in [1.807, 2.05) is 6.07 Å². The Bertz CT molecular complexity index is 1080. The zero-order valence-electron chi connectivity index (χ0n) is 16.1. The van der Waals surface area contributed by atoms with E-state index in [-0.39, 0.29) is 25.5 Å². The first-order valence-electron chi connectivity index (χ1n) is 9.19. The first kappa shape index (κ1) is 21.5. The average Bonchev–Trinajstić information content (AvgIpc) is 3.25. The maximum absolute atomic E-state index is 13.0. The first-order valence-corrected chi connectivity index (χ1v) is 10.7. The highest BCUT2D eigenvalue weighted by molar-refractivity contribution is 7.92. The summed E-state index contributed by atoms with van der Waals surface area (Å²) in [4.78, 5) is 12.4. The summed E-state index contributed by atoms with van der Waals surface area (Å²) in [5.74, 6) is -0.438. The second-order valence-electron chi connectivity index (χ2n) is 6.51. The van der Waals surface area contributed by atoms with Crippen LogP contribution >= 0.6 is 0 Å². The van der Waals surface area contributed by atoms with Gasteiger partial charge in [-0.05, 0) is 41.5 Å². The molecule has 0 atom stereocenters. The molecule has 1 amide bonds. The second-order valence-corrected chi connectivity index (χ2v) is 8.33. The Morgan fingerprint density at radius 1 is 1.03 bits per heavy atom. The molecule has 0 aliphatic rings. The minimum absolute atomic E-state index is 0.0849. The first-order chi connectivity index (χ1) is 14.4. The van der Waals surface area contributed by atoms with Crippen LogP contribution in [-0.2, 0) is 27.9 Å². The van der Waals surface area contributed by atoms with Crippen molar-refractivity contribution in [3.8, 4) is 0 Å². The van der Waals surface area contributed by atoms with Gasteiger partial charge < -0.3 is 9.73 Å². The van der Waals surface area contributed by atoms with E-state index in [1.54, 1.807) is 48.5 Å². The molecule has 1 aromatic heterocycles. The Labute approximate surface area is 174 Å². The Morgan fingerprint density at radius 2 is 1.77 bits per heavy atom. The van der Waals surface area contributed by atoms with Gasteiger partial charge in [-0.25, -0.2) is 12.8 Å². The fourth-order valence-corrected chi connectivity index (χ4v) is 3.75. The summed E-state index contributed by atoms with van der Waals surface area (Å²) in [7, 11) is -3.90. The Hall–Kier alpha value is -3.23. The smallest absolute Gasteiger partial charge is 0.237 e. The highest BCUT2D eigenvalue weighted by Crippen LogP contribution is 2.13. The molecule has 8 heteroatoms. The van der Waals surface area contributed by atoms with Gasteiger partial charge in [0, 0.05) is 12.0 Å². The lowest BCUT2D eigenvalue weighted by molar-refractivity contribution is -0.121. The molecule has 1 N–H and O–H groups in total. The summed E-state index contributed by atoms with van der Waals surface area (Å²) in [5.41, 5.74) is 1.42. The van der Waals surface area contributed by atoms with Crippen molar-refractivity contribution < 1.29 is 22.0 Å². The molecular formula is C22H21FN2O4S. The van der Waals surface area contributed by atoms with Crippen LogP contribution in [0.2, 0.25) is 0 Å². The molecule has 0 unspecified atom stereocenters. The number of carbonyl (C=O) groups is 1. The number of nitrogens with one attached hydrogen (secondary N) is 1. The highest BCUT2D eigenvalue weighted by atomic mass is 32.2. The molecule has 3 aromatic rings. The minimum atomic E-state index is -3.90. The predicted octanol–water partition coefficient (Wildman–Crippen LogP) is 3.54. The number of halogens is 1. The van der Waals surface area contributed by atoms with E-state index in [1.165, 1.54) is 24.5 Å². The van der Waals surface area contributed by atoms with Gasteiger partial charge in [-0.15, -0.1) is 0 Å². The number of sulfonamides is 1. The van der Waals surface area contributed by atoms with Gasteiger partial charge in [0.1, 0.15) is 11.6 Å². The van der Waals surface area contributed by atoms with E-state index in [9.17, 15) is 17.6 Å². The van der Waals surface area contributed by atoms with Crippen LogP contribution in [0.1, 0.15) is 16.9 Å². The summed E-state index contributed by atoms with van der Waals surface area (Å²) in [6, 6.07) is 18.0. The van der Waals surface area contributed by atoms with Crippen molar-refractivity contribution in [1.29, 1.82) is 0 Å². The lowest BCUT2D eigenvalue weighted by Crippen LogP contribution is -2.39. The molecule has 0 fully saturated rings. The lowest BCUT2D eigenvalue weighted by Gasteiger charge is -2.19. The third-order valence-corrected chi connectivity index (χ3v) is 5.69. The normalized spacial score (nSPS) is 11.8. The summed E-state index contributed by atoms with van der Waals surface area (Å²) < 4.78 is 45.0. The van der Waals surface area contributed by atoms with Gasteiger partial charge in [-0.3, -0.25) is 4.79 Å². The number of rotatable bonds is 9. The van der Waals surface area contributed by atoms with Crippen molar-refractivity contribution in [3.63, 3.8) is 0 Å². The van der Waals surface area contributed by atoms with Gasteiger partial charge in [0.2, 0.25) is 15.9 Å². The molecule has 2 aromatic carbocycles. The monoisotopic (exact) mass is 428 g/mol. The highest BCUT2D eigenvalue weighted by Gasteiger charge is 2.23. The van der Waals surface area contributed by atoms with Crippen molar-refractivity contribution in [2.45, 2.75) is 13.1 Å². The van der Waals surface area contributed by atoms with Gasteiger partial charge in [0.25, 0.3) is 0 Å². The van der Waals surface area contributed by atoms with Crippen molar-refractivity contribution in [3.05, 3.63) is 101 Å². The standard InChI is InChI=1S/C22H21FN2O4S/c23-20-10-8-19(9-11-20)15-24-22(26)17-25(16-21-7-4-13-29-21)30(27,28)14-12-18-5-2-1-3-6-18/h1-14H,15-17H2,(H,24,26)/b14-12+. The van der Waals surface area contributed by atoms with Crippen LogP contribution in [0.4, 0.5) is 4.39 Å². The number of carbonyl (C=O) groups excluding carboxylic acids is 1. The van der Waals surface area contributed by atoms with Crippen molar-refractivity contribution in [2.75, 3.05) is 6.54 Å². The largest absolute Gasteiger partial charge is 0.468 e. The molecule has 0 aliphatic carbocycles. The minimum Gasteiger partial charge on any atom is -0.468 e. The summed E-state index contributed by atoms with van der Waals surface area (Å²) in [6.07, 6.45) is 2.91. The van der Waals surface area contributed by atoms with Crippen molar-refractivity contribution in [1.82, 2.24) is 9.62 Å². The average molecular weight is 428 g/mol. The molecule has 0 spiro atoms. The fraction of sp³-hybridized carbons (Fsp3) is 0.136. The zero-order valence-corrected chi connectivity index (χ0v) is 16.9. The maximum Gasteiger partial charge on any atom is 0.237 e. The number of nitrogens with zero attached hydrogens (tertiary/aromatic N) is 1. The third-order valence-electron chi connectivity index (χ3n) is 4.23. The summed E-state index contributed by atoms with van der Waals surface area (Å²) in [6.45, 7) is -0.310. The van der Waals surface area contributed by atoms with Crippen LogP contribution in [0.25, 0.3) is 6.08 Å². The second kappa shape index (κ2) is 10.00. The van der Waals surface area contributed by atoms with Gasteiger partial charge in [0.05, 0.1) is 19.4 Å². The Balaban J connectivity index is 1.70. The van der Waals surface area contributed by atoms with Crippen LogP contribution in [-0.4, -0.2) is 25.2 Å². The van der Waals surface area contributed by atoms with E-state index in [0.717, 1.165) is 15.3 Å². The molecule has 1 heterocycles. The number of benzene rings is 2. The van der Waals surface area contributed by atoms with Crippen LogP contribution in [0.5, 0.6) is 0 Å². The van der Waals surface area contributed by atoms with E-state index in [2.05, 4.69) is 5.32 Å². The molecule has 3 rings (SSSR count). The number of furan rings is 1. The van der Waals surface area contributed by atoms with Gasteiger partial charge in [0.15, 0.2) is 0 Å². The van der Waals surface area contributed by atoms with E-state index in [0.29, 0.717) is 11.3 Å². The van der Waals surface area contributed by atoms with Crippen molar-refractivity contribution in [2.24, 2.45) is 0 Å². The topological polar surface area (TPSA) is 79.6 Å². The summed E-state index contributed by atoms with van der Waals surface area (Å²) >= 11 is 0. The number of hydrogen-bond donors (Lipinski definition) is 1. The van der Waals surface area contributed by atoms with Gasteiger partial charge in [-0.1, -0.05) is 42.5 Å². The molecule has 0 radical (unpaired) electrons. The van der Waals surface area contributed by atoms with Crippen LogP contribution in [0.15, 0.2) is 82.8 Å². The number of amides is 1. The van der Waals surface area contributed by atoms with Crippen LogP contribution in [0, 0.1) is 5.82 Å². The molecule has 0 aliphatic heterocycles. The zero-order chi connectivity index (χ0) is 21.4. The van der Waals surface area contributed by atoms with Crippen molar-refractivity contribution >= 4 is 22.0 Å². The Morgan fingerprint density at radius 3 is 2.43 bits per heavy atom. The quantitative estimate of drug-likeness (QED) is 0.565. The fourth-order valence-electron chi connectivity index (χ4n) is 2.65. The lowest BCUT2D eigenvalue weighted by atomic mass is 10.2. The van der Waals surface area contributed by atoms with Gasteiger partial charge in [-0.2, -0.15) is 4.31 Å². The predicted molar refractivity (Wildman–Crippen MR) is 112 cm³/mol. The van der Waals surface area contributed by atoms with Gasteiger partial charge >= 0.3 is 0 Å². The van der Waals surface area contributed by atoms with E-state index < -0.39 is 15.9 Å². The molecule has 6 nitrogen and oxygen atoms in total. The van der Waals surface area contributed by atoms with Crippen LogP contribution < -0.4 is 5.32 Å². The molecule has 30 heavy (non-hydrogen) atoms. The van der Waals surface area contributed by atoms with Crippen LogP contribution in [0.3, 0.4) is 0 Å². The Kier molecular flexibility index (Phi) is 7.16. The third kappa shape index (κ3) is 6.40. The SMILES string of the molecule is O=C(CN(Cc1ccco1)S(=O)(=O)/C=C/c1ccccc1)NCc1ccc(F)cc1. The molecule has 0 saturated heterocycles. The molecule has 156 valence electrons. The number of hydrogen-bond acceptors (Lipinski definition) is 4.